The number of ether oxygens (including phenoxy) is 1. The lowest BCUT2D eigenvalue weighted by Gasteiger charge is -2.30. The normalized spacial score (nSPS) is 15.6. The van der Waals surface area contributed by atoms with E-state index in [1.54, 1.807) is 30.5 Å². The molecule has 6 nitrogen and oxygen atoms in total. The summed E-state index contributed by atoms with van der Waals surface area (Å²) >= 11 is 1.27. The number of halogens is 3. The third kappa shape index (κ3) is 3.58. The number of carbonyl (C=O) groups excluding carboxylic acids is 1. The highest BCUT2D eigenvalue weighted by Gasteiger charge is 2.35. The van der Waals surface area contributed by atoms with E-state index in [9.17, 15) is 18.0 Å². The Morgan fingerprint density at radius 1 is 1.10 bits per heavy atom. The van der Waals surface area contributed by atoms with Gasteiger partial charge in [-0.3, -0.25) is 9.69 Å². The van der Waals surface area contributed by atoms with E-state index in [0.29, 0.717) is 27.7 Å². The lowest BCUT2D eigenvalue weighted by molar-refractivity contribution is -0.137. The van der Waals surface area contributed by atoms with Gasteiger partial charge in [0.25, 0.3) is 0 Å². The van der Waals surface area contributed by atoms with Crippen molar-refractivity contribution in [1.29, 1.82) is 0 Å². The largest absolute Gasteiger partial charge is 0.447 e. The van der Waals surface area contributed by atoms with Crippen molar-refractivity contribution in [3.05, 3.63) is 59.7 Å². The van der Waals surface area contributed by atoms with Gasteiger partial charge in [0.2, 0.25) is 23.2 Å². The Labute approximate surface area is 174 Å². The molecule has 2 aromatic carbocycles. The van der Waals surface area contributed by atoms with Crippen molar-refractivity contribution in [3.63, 3.8) is 0 Å². The molecule has 1 aromatic heterocycles. The molecule has 0 unspecified atom stereocenters. The number of nitrogens with zero attached hydrogens (tertiary/aromatic N) is 4. The van der Waals surface area contributed by atoms with Crippen LogP contribution < -0.4 is 9.64 Å². The van der Waals surface area contributed by atoms with Gasteiger partial charge in [0.1, 0.15) is 0 Å². The summed E-state index contributed by atoms with van der Waals surface area (Å²) in [6.07, 6.45) is -3.71. The van der Waals surface area contributed by atoms with Crippen LogP contribution in [0.4, 0.5) is 18.9 Å². The van der Waals surface area contributed by atoms with Gasteiger partial charge in [0.15, 0.2) is 5.69 Å². The average Bonchev–Trinajstić information content (AvgIpc) is 2.87. The van der Waals surface area contributed by atoms with Crippen molar-refractivity contribution in [3.8, 4) is 17.1 Å². The molecule has 0 aliphatic carbocycles. The third-order valence-electron chi connectivity index (χ3n) is 4.56. The van der Waals surface area contributed by atoms with Crippen LogP contribution in [0, 0.1) is 0 Å². The van der Waals surface area contributed by atoms with Gasteiger partial charge in [-0.2, -0.15) is 18.2 Å². The van der Waals surface area contributed by atoms with E-state index in [1.807, 2.05) is 0 Å². The second-order valence-electron chi connectivity index (χ2n) is 6.45. The minimum atomic E-state index is -4.47. The molecule has 0 saturated carbocycles. The van der Waals surface area contributed by atoms with Crippen LogP contribution in [-0.2, 0) is 11.0 Å². The smallest absolute Gasteiger partial charge is 0.416 e. The highest BCUT2D eigenvalue weighted by Crippen LogP contribution is 2.43. The number of fused-ring (bicyclic) bond motifs is 3. The zero-order valence-electron chi connectivity index (χ0n) is 15.8. The number of para-hydroxylation sites is 1. The Morgan fingerprint density at radius 3 is 2.43 bits per heavy atom. The van der Waals surface area contributed by atoms with Crippen molar-refractivity contribution >= 4 is 23.4 Å². The van der Waals surface area contributed by atoms with Crippen LogP contribution in [0.3, 0.4) is 0 Å². The molecule has 0 spiro atoms. The molecule has 0 saturated heterocycles. The molecular formula is C20H15F3N4O2S. The molecule has 1 aliphatic rings. The van der Waals surface area contributed by atoms with Crippen LogP contribution in [0.25, 0.3) is 11.3 Å². The van der Waals surface area contributed by atoms with Crippen LogP contribution in [0.15, 0.2) is 53.7 Å². The predicted molar refractivity (Wildman–Crippen MR) is 105 cm³/mol. The maximum absolute atomic E-state index is 13.0. The van der Waals surface area contributed by atoms with E-state index in [-0.39, 0.29) is 11.8 Å². The second-order valence-corrected chi connectivity index (χ2v) is 7.22. The van der Waals surface area contributed by atoms with Gasteiger partial charge in [-0.05, 0) is 24.5 Å². The Morgan fingerprint density at radius 2 is 1.80 bits per heavy atom. The van der Waals surface area contributed by atoms with Gasteiger partial charge >= 0.3 is 6.18 Å². The predicted octanol–water partition coefficient (Wildman–Crippen LogP) is 4.72. The standard InChI is InChI=1S/C20H15F3N4O2S/c1-11(28)27-15-6-4-3-5-14(15)16-17(24-19(30-2)26-25-16)29-18(27)12-7-9-13(10-8-12)20(21,22)23/h3-10,18H,1-2H3/t18-/m0/s1. The molecule has 30 heavy (non-hydrogen) atoms. The topological polar surface area (TPSA) is 68.2 Å². The molecule has 1 amide bonds. The number of amides is 1. The molecule has 4 rings (SSSR count). The number of benzene rings is 2. The van der Waals surface area contributed by atoms with Crippen LogP contribution in [-0.4, -0.2) is 27.3 Å². The van der Waals surface area contributed by atoms with Gasteiger partial charge < -0.3 is 4.74 Å². The summed E-state index contributed by atoms with van der Waals surface area (Å²) in [7, 11) is 0. The second kappa shape index (κ2) is 7.60. The fraction of sp³-hybridized carbons (Fsp3) is 0.200. The minimum Gasteiger partial charge on any atom is -0.447 e. The van der Waals surface area contributed by atoms with Crippen LogP contribution in [0.1, 0.15) is 24.3 Å². The number of aromatic nitrogens is 3. The van der Waals surface area contributed by atoms with Crippen LogP contribution in [0.5, 0.6) is 5.88 Å². The van der Waals surface area contributed by atoms with Crippen molar-refractivity contribution in [2.24, 2.45) is 0 Å². The summed E-state index contributed by atoms with van der Waals surface area (Å²) < 4.78 is 45.0. The first kappa shape index (κ1) is 20.1. The van der Waals surface area contributed by atoms with E-state index in [1.165, 1.54) is 35.7 Å². The number of carbonyl (C=O) groups is 1. The maximum atomic E-state index is 13.0. The van der Waals surface area contributed by atoms with Crippen molar-refractivity contribution in [2.75, 3.05) is 11.2 Å². The highest BCUT2D eigenvalue weighted by molar-refractivity contribution is 7.98. The lowest BCUT2D eigenvalue weighted by atomic mass is 10.1. The molecular weight excluding hydrogens is 417 g/mol. The minimum absolute atomic E-state index is 0.149. The van der Waals surface area contributed by atoms with Crippen molar-refractivity contribution < 1.29 is 22.7 Å². The van der Waals surface area contributed by atoms with Gasteiger partial charge in [-0.1, -0.05) is 42.1 Å². The van der Waals surface area contributed by atoms with E-state index >= 15 is 0 Å². The first-order chi connectivity index (χ1) is 14.3. The summed E-state index contributed by atoms with van der Waals surface area (Å²) in [6.45, 7) is 1.36. The van der Waals surface area contributed by atoms with E-state index < -0.39 is 18.0 Å². The van der Waals surface area contributed by atoms with Gasteiger partial charge in [-0.15, -0.1) is 10.2 Å². The maximum Gasteiger partial charge on any atom is 0.416 e. The molecule has 0 bridgehead atoms. The highest BCUT2D eigenvalue weighted by atomic mass is 32.2. The molecule has 0 radical (unpaired) electrons. The van der Waals surface area contributed by atoms with Crippen molar-refractivity contribution in [2.45, 2.75) is 24.5 Å². The van der Waals surface area contributed by atoms with Crippen LogP contribution in [0.2, 0.25) is 0 Å². The van der Waals surface area contributed by atoms with Gasteiger partial charge in [0.05, 0.1) is 11.3 Å². The monoisotopic (exact) mass is 432 g/mol. The quantitative estimate of drug-likeness (QED) is 0.546. The Bertz CT molecular complexity index is 1110. The average molecular weight is 432 g/mol. The number of alkyl halides is 3. The first-order valence-corrected chi connectivity index (χ1v) is 10.0. The summed E-state index contributed by atoms with van der Waals surface area (Å²) in [5.74, 6) is -0.200. The van der Waals surface area contributed by atoms with Gasteiger partial charge in [0, 0.05) is 18.1 Å². The molecule has 0 fully saturated rings. The van der Waals surface area contributed by atoms with E-state index in [2.05, 4.69) is 15.2 Å². The number of hydrogen-bond donors (Lipinski definition) is 0. The molecule has 10 heteroatoms. The summed E-state index contributed by atoms with van der Waals surface area (Å²) in [5, 5.41) is 8.63. The molecule has 2 heterocycles. The molecule has 154 valence electrons. The Kier molecular flexibility index (Phi) is 5.10. The SMILES string of the molecule is CSc1nnc2c(n1)O[C@@H](c1ccc(C(F)(F)F)cc1)N(C(C)=O)c1ccccc1-2. The zero-order chi connectivity index (χ0) is 21.5. The molecule has 3 aromatic rings. The number of anilines is 1. The number of rotatable bonds is 2. The fourth-order valence-electron chi connectivity index (χ4n) is 3.19. The summed E-state index contributed by atoms with van der Waals surface area (Å²) in [6, 6.07) is 11.5. The third-order valence-corrected chi connectivity index (χ3v) is 5.09. The molecule has 1 aliphatic heterocycles. The zero-order valence-corrected chi connectivity index (χ0v) is 16.7. The van der Waals surface area contributed by atoms with E-state index in [0.717, 1.165) is 12.1 Å². The van der Waals surface area contributed by atoms with Crippen LogP contribution >= 0.6 is 11.8 Å². The van der Waals surface area contributed by atoms with E-state index in [4.69, 9.17) is 4.74 Å². The lowest BCUT2D eigenvalue weighted by Crippen LogP contribution is -2.36. The molecule has 1 atom stereocenters. The first-order valence-electron chi connectivity index (χ1n) is 8.81. The van der Waals surface area contributed by atoms with Crippen molar-refractivity contribution in [1.82, 2.24) is 15.2 Å². The Balaban J connectivity index is 1.90. The fourth-order valence-corrected chi connectivity index (χ4v) is 3.49. The summed E-state index contributed by atoms with van der Waals surface area (Å²) in [4.78, 5) is 18.3. The summed E-state index contributed by atoms with van der Waals surface area (Å²) in [5.41, 5.74) is 1.02. The Hall–Kier alpha value is -3.14. The van der Waals surface area contributed by atoms with Gasteiger partial charge in [-0.25, -0.2) is 0 Å². The molecule has 0 N–H and O–H groups in total. The number of thioether (sulfide) groups is 1. The number of hydrogen-bond acceptors (Lipinski definition) is 6.